The Bertz CT molecular complexity index is 1820. The molecule has 9 heteroatoms. The summed E-state index contributed by atoms with van der Waals surface area (Å²) in [5.41, 5.74) is 0.880. The van der Waals surface area contributed by atoms with Crippen LogP contribution in [-0.4, -0.2) is 72.6 Å². The minimum atomic E-state index is -0.571. The first-order valence-corrected chi connectivity index (χ1v) is 16.4. The molecule has 1 aromatic heterocycles. The van der Waals surface area contributed by atoms with Crippen molar-refractivity contribution in [2.24, 2.45) is 5.92 Å². The Morgan fingerprint density at radius 2 is 1.87 bits per heavy atom. The van der Waals surface area contributed by atoms with E-state index in [0.29, 0.717) is 42.0 Å². The van der Waals surface area contributed by atoms with E-state index in [-0.39, 0.29) is 22.4 Å². The number of likely N-dealkylation sites (tertiary alicyclic amines) is 2. The first kappa shape index (κ1) is 29.7. The van der Waals surface area contributed by atoms with Crippen LogP contribution in [0.4, 0.5) is 10.1 Å². The fraction of sp³-hybridized carbons (Fsp3) is 0.444. The van der Waals surface area contributed by atoms with Gasteiger partial charge in [-0.3, -0.25) is 9.59 Å². The lowest BCUT2D eigenvalue weighted by Crippen LogP contribution is -2.35. The lowest BCUT2D eigenvalue weighted by atomic mass is 10.0. The number of hydrogen-bond donors (Lipinski definition) is 2. The Morgan fingerprint density at radius 1 is 1.07 bits per heavy atom. The minimum Gasteiger partial charge on any atom is -0.451 e. The van der Waals surface area contributed by atoms with Gasteiger partial charge in [0.1, 0.15) is 16.8 Å². The van der Waals surface area contributed by atoms with Gasteiger partial charge >= 0.3 is 0 Å². The van der Waals surface area contributed by atoms with Gasteiger partial charge in [-0.25, -0.2) is 4.39 Å². The van der Waals surface area contributed by atoms with Crippen LogP contribution >= 0.6 is 0 Å². The average Bonchev–Trinajstić information content (AvgIpc) is 3.44. The van der Waals surface area contributed by atoms with Crippen molar-refractivity contribution in [3.63, 3.8) is 0 Å². The number of pyridine rings is 1. The second-order valence-corrected chi connectivity index (χ2v) is 13.1. The standard InChI is InChI=1S/C36H42FN5O3/c1-23-8-5-16-41(21-23)17-7-13-38-32-29(37)20-27-33-35(32)45-31-19-25-10-4-3-9-24(25)18-30(31)42(33)22-28(34(27)43)36(44)39-14-12-26-11-6-15-40(26)2/h3-4,9-10,18-20,22-23,26,38H,5-8,11-17,21H2,1-2H3,(H,39,44). The number of benzene rings is 3. The largest absolute Gasteiger partial charge is 0.451 e. The van der Waals surface area contributed by atoms with E-state index < -0.39 is 17.2 Å². The van der Waals surface area contributed by atoms with Crippen LogP contribution < -0.4 is 20.8 Å². The summed E-state index contributed by atoms with van der Waals surface area (Å²) in [6, 6.07) is 13.5. The van der Waals surface area contributed by atoms with Crippen LogP contribution in [0, 0.1) is 11.7 Å². The van der Waals surface area contributed by atoms with Crippen LogP contribution in [0.3, 0.4) is 0 Å². The second kappa shape index (κ2) is 12.4. The van der Waals surface area contributed by atoms with Gasteiger partial charge < -0.3 is 29.7 Å². The quantitative estimate of drug-likeness (QED) is 0.195. The Balaban J connectivity index is 1.23. The number of amides is 1. The van der Waals surface area contributed by atoms with E-state index >= 15 is 4.39 Å². The number of nitrogens with one attached hydrogen (secondary N) is 2. The van der Waals surface area contributed by atoms with Crippen LogP contribution in [0.25, 0.3) is 27.4 Å². The number of carbonyl (C=O) groups excluding carboxylic acids is 1. The molecule has 2 atom stereocenters. The number of piperidine rings is 1. The highest BCUT2D eigenvalue weighted by Gasteiger charge is 2.29. The third kappa shape index (κ3) is 5.79. The van der Waals surface area contributed by atoms with Crippen molar-refractivity contribution in [1.82, 2.24) is 19.7 Å². The fourth-order valence-electron chi connectivity index (χ4n) is 7.43. The van der Waals surface area contributed by atoms with Gasteiger partial charge in [0.15, 0.2) is 17.3 Å². The van der Waals surface area contributed by atoms with Crippen LogP contribution in [0.15, 0.2) is 53.5 Å². The van der Waals surface area contributed by atoms with E-state index in [4.69, 9.17) is 4.74 Å². The van der Waals surface area contributed by atoms with Gasteiger partial charge in [0.05, 0.1) is 11.1 Å². The third-order valence-electron chi connectivity index (χ3n) is 9.87. The number of ether oxygens (including phenoxy) is 1. The summed E-state index contributed by atoms with van der Waals surface area (Å²) in [5.74, 6) is 0.497. The molecule has 2 N–H and O–H groups in total. The topological polar surface area (TPSA) is 78.8 Å². The number of halogens is 1. The molecule has 3 aromatic carbocycles. The lowest BCUT2D eigenvalue weighted by Gasteiger charge is -2.31. The fourth-order valence-corrected chi connectivity index (χ4v) is 7.43. The van der Waals surface area contributed by atoms with Crippen molar-refractivity contribution >= 4 is 33.3 Å². The number of rotatable bonds is 9. The molecule has 4 heterocycles. The molecule has 0 radical (unpaired) electrons. The predicted molar refractivity (Wildman–Crippen MR) is 178 cm³/mol. The first-order valence-electron chi connectivity index (χ1n) is 16.4. The van der Waals surface area contributed by atoms with Gasteiger partial charge in [0.25, 0.3) is 5.91 Å². The van der Waals surface area contributed by atoms with Crippen molar-refractivity contribution < 1.29 is 13.9 Å². The van der Waals surface area contributed by atoms with Crippen molar-refractivity contribution in [1.29, 1.82) is 0 Å². The maximum Gasteiger partial charge on any atom is 0.256 e. The number of hydrogen-bond acceptors (Lipinski definition) is 6. The number of anilines is 1. The van der Waals surface area contributed by atoms with Crippen molar-refractivity contribution in [2.75, 3.05) is 51.6 Å². The van der Waals surface area contributed by atoms with Crippen LogP contribution in [0.1, 0.15) is 55.8 Å². The molecule has 236 valence electrons. The van der Waals surface area contributed by atoms with E-state index in [2.05, 4.69) is 34.4 Å². The highest BCUT2D eigenvalue weighted by atomic mass is 19.1. The third-order valence-corrected chi connectivity index (χ3v) is 9.87. The average molecular weight is 612 g/mol. The molecule has 1 amide bonds. The molecule has 0 spiro atoms. The number of nitrogens with zero attached hydrogens (tertiary/aromatic N) is 3. The van der Waals surface area contributed by atoms with E-state index in [0.717, 1.165) is 62.6 Å². The highest BCUT2D eigenvalue weighted by molar-refractivity contribution is 6.02. The number of aromatic nitrogens is 1. The SMILES string of the molecule is CC1CCCN(CCCNc2c(F)cc3c(=O)c(C(=O)NCCC4CCCN4C)cn4c3c2Oc2cc3ccccc3cc2-4)C1. The van der Waals surface area contributed by atoms with Gasteiger partial charge in [0, 0.05) is 31.9 Å². The highest BCUT2D eigenvalue weighted by Crippen LogP contribution is 2.46. The smallest absolute Gasteiger partial charge is 0.256 e. The molecule has 4 aromatic rings. The summed E-state index contributed by atoms with van der Waals surface area (Å²) >= 11 is 0. The van der Waals surface area contributed by atoms with E-state index in [1.54, 1.807) is 6.20 Å². The summed E-state index contributed by atoms with van der Waals surface area (Å²) in [7, 11) is 2.10. The Hall–Kier alpha value is -3.95. The molecule has 7 rings (SSSR count). The summed E-state index contributed by atoms with van der Waals surface area (Å²) in [6.45, 7) is 7.53. The Kier molecular flexibility index (Phi) is 8.23. The predicted octanol–water partition coefficient (Wildman–Crippen LogP) is 6.14. The Morgan fingerprint density at radius 3 is 2.64 bits per heavy atom. The lowest BCUT2D eigenvalue weighted by molar-refractivity contribution is 0.0949. The molecule has 0 saturated carbocycles. The zero-order valence-corrected chi connectivity index (χ0v) is 26.2. The van der Waals surface area contributed by atoms with E-state index in [1.165, 1.54) is 18.9 Å². The molecule has 0 bridgehead atoms. The number of carbonyl (C=O) groups is 1. The van der Waals surface area contributed by atoms with Gasteiger partial charge in [-0.1, -0.05) is 31.2 Å². The number of fused-ring (bicyclic) bond motifs is 3. The monoisotopic (exact) mass is 611 g/mol. The molecule has 2 fully saturated rings. The molecule has 2 saturated heterocycles. The minimum absolute atomic E-state index is 0.00916. The maximum atomic E-state index is 15.9. The molecule has 45 heavy (non-hydrogen) atoms. The molecule has 3 aliphatic heterocycles. The molecule has 8 nitrogen and oxygen atoms in total. The Labute approximate surface area is 263 Å². The molecule has 0 aliphatic carbocycles. The molecular weight excluding hydrogens is 569 g/mol. The zero-order valence-electron chi connectivity index (χ0n) is 26.2. The van der Waals surface area contributed by atoms with Gasteiger partial charge in [-0.05, 0) is 100 Å². The zero-order chi connectivity index (χ0) is 31.1. The maximum absolute atomic E-state index is 15.9. The molecule has 3 aliphatic rings. The van der Waals surface area contributed by atoms with Crippen molar-refractivity contribution in [3.8, 4) is 17.2 Å². The second-order valence-electron chi connectivity index (χ2n) is 13.1. The summed E-state index contributed by atoms with van der Waals surface area (Å²) in [5, 5.41) is 8.35. The molecule has 2 unspecified atom stereocenters. The summed E-state index contributed by atoms with van der Waals surface area (Å²) in [4.78, 5) is 32.1. The van der Waals surface area contributed by atoms with Crippen molar-refractivity contribution in [3.05, 3.63) is 70.3 Å². The van der Waals surface area contributed by atoms with Crippen LogP contribution in [-0.2, 0) is 0 Å². The van der Waals surface area contributed by atoms with Crippen LogP contribution in [0.5, 0.6) is 11.5 Å². The first-order chi connectivity index (χ1) is 21.9. The summed E-state index contributed by atoms with van der Waals surface area (Å²) < 4.78 is 24.2. The van der Waals surface area contributed by atoms with E-state index in [1.807, 2.05) is 41.0 Å². The summed E-state index contributed by atoms with van der Waals surface area (Å²) in [6.07, 6.45) is 8.02. The van der Waals surface area contributed by atoms with Gasteiger partial charge in [-0.2, -0.15) is 0 Å². The normalized spacial score (nSPS) is 19.9. The van der Waals surface area contributed by atoms with Gasteiger partial charge in [0.2, 0.25) is 5.43 Å². The molecular formula is C36H42FN5O3. The van der Waals surface area contributed by atoms with Crippen molar-refractivity contribution in [2.45, 2.75) is 51.5 Å². The van der Waals surface area contributed by atoms with Crippen LogP contribution in [0.2, 0.25) is 0 Å². The van der Waals surface area contributed by atoms with E-state index in [9.17, 15) is 9.59 Å². The van der Waals surface area contributed by atoms with Gasteiger partial charge in [-0.15, -0.1) is 0 Å².